The zero-order valence-corrected chi connectivity index (χ0v) is 11.3. The fourth-order valence-corrected chi connectivity index (χ4v) is 2.08. The monoisotopic (exact) mass is 323 g/mol. The minimum Gasteiger partial charge on any atom is -0.432 e. The minimum atomic E-state index is -5.10. The Bertz CT molecular complexity index is 916. The summed E-state index contributed by atoms with van der Waals surface area (Å²) in [5, 5.41) is 0.105. The lowest BCUT2D eigenvalue weighted by molar-refractivity contribution is -0.124. The number of anilines is 1. The molecule has 0 unspecified atom stereocenters. The third-order valence-electron chi connectivity index (χ3n) is 3.09. The van der Waals surface area contributed by atoms with Gasteiger partial charge in [-0.2, -0.15) is 4.90 Å². The maximum Gasteiger partial charge on any atom is 0.495 e. The Morgan fingerprint density at radius 2 is 2.00 bits per heavy atom. The highest BCUT2D eigenvalue weighted by Gasteiger charge is 2.46. The molecule has 1 aromatic carbocycles. The second-order valence-corrected chi connectivity index (χ2v) is 4.50. The number of rotatable bonds is 2. The number of oxazole rings is 1. The molecule has 1 N–H and O–H groups in total. The van der Waals surface area contributed by atoms with E-state index < -0.39 is 34.1 Å². The van der Waals surface area contributed by atoms with Crippen molar-refractivity contribution in [3.63, 3.8) is 0 Å². The van der Waals surface area contributed by atoms with Crippen LogP contribution in [0.3, 0.4) is 0 Å². The Hall–Kier alpha value is -3.10. The zero-order valence-electron chi connectivity index (χ0n) is 11.3. The molecule has 0 aliphatic rings. The molecule has 0 fully saturated rings. The summed E-state index contributed by atoms with van der Waals surface area (Å²) in [6, 6.07) is 5.21. The van der Waals surface area contributed by atoms with Crippen LogP contribution in [0.1, 0.15) is 10.4 Å². The van der Waals surface area contributed by atoms with Crippen LogP contribution in [0, 0.1) is 0 Å². The number of aromatic amines is 1. The first-order valence-electron chi connectivity index (χ1n) is 6.31. The van der Waals surface area contributed by atoms with E-state index in [9.17, 15) is 22.8 Å². The van der Waals surface area contributed by atoms with Gasteiger partial charge in [-0.25, -0.2) is 4.98 Å². The number of para-hydroxylation sites is 1. The molecule has 1 amide bonds. The SMILES string of the molecule is O=C(c1c[nH]c2ccccc2c1=O)N(c1ncco1)C(F)(F)F. The van der Waals surface area contributed by atoms with Crippen molar-refractivity contribution >= 4 is 22.8 Å². The Balaban J connectivity index is 2.15. The molecule has 6 nitrogen and oxygen atoms in total. The van der Waals surface area contributed by atoms with Crippen LogP contribution in [-0.2, 0) is 0 Å². The van der Waals surface area contributed by atoms with Crippen LogP contribution in [-0.4, -0.2) is 22.2 Å². The van der Waals surface area contributed by atoms with Gasteiger partial charge in [0.15, 0.2) is 0 Å². The lowest BCUT2D eigenvalue weighted by atomic mass is 10.1. The predicted molar refractivity (Wildman–Crippen MR) is 73.9 cm³/mol. The van der Waals surface area contributed by atoms with Crippen LogP contribution >= 0.6 is 0 Å². The topological polar surface area (TPSA) is 79.2 Å². The Morgan fingerprint density at radius 1 is 1.26 bits per heavy atom. The molecule has 0 saturated carbocycles. The zero-order chi connectivity index (χ0) is 16.6. The van der Waals surface area contributed by atoms with Crippen molar-refractivity contribution in [3.8, 4) is 0 Å². The van der Waals surface area contributed by atoms with Crippen molar-refractivity contribution < 1.29 is 22.4 Å². The van der Waals surface area contributed by atoms with Gasteiger partial charge in [0.05, 0.1) is 6.20 Å². The molecule has 2 aromatic heterocycles. The second kappa shape index (κ2) is 5.27. The largest absolute Gasteiger partial charge is 0.495 e. The number of alkyl halides is 3. The molecule has 0 atom stereocenters. The van der Waals surface area contributed by atoms with Crippen LogP contribution in [0.15, 0.2) is 52.1 Å². The van der Waals surface area contributed by atoms with Gasteiger partial charge in [-0.3, -0.25) is 9.59 Å². The van der Waals surface area contributed by atoms with Gasteiger partial charge in [0, 0.05) is 17.1 Å². The van der Waals surface area contributed by atoms with Crippen LogP contribution in [0.5, 0.6) is 0 Å². The van der Waals surface area contributed by atoms with E-state index >= 15 is 0 Å². The van der Waals surface area contributed by atoms with Crippen molar-refractivity contribution in [2.24, 2.45) is 0 Å². The molecule has 3 rings (SSSR count). The first kappa shape index (κ1) is 14.8. The maximum atomic E-state index is 13.2. The van der Waals surface area contributed by atoms with E-state index in [1.807, 2.05) is 0 Å². The summed E-state index contributed by atoms with van der Waals surface area (Å²) >= 11 is 0. The van der Waals surface area contributed by atoms with Crippen LogP contribution in [0.25, 0.3) is 10.9 Å². The number of halogens is 3. The van der Waals surface area contributed by atoms with Crippen molar-refractivity contribution in [2.45, 2.75) is 6.30 Å². The standard InChI is InChI=1S/C14H8F3N3O3/c15-14(16,17)20(13-18-5-6-23-13)12(22)9-7-19-10-4-2-1-3-8(10)11(9)21/h1-7H,(H,19,21). The molecular formula is C14H8F3N3O3. The third-order valence-corrected chi connectivity index (χ3v) is 3.09. The van der Waals surface area contributed by atoms with Crippen LogP contribution in [0.4, 0.5) is 19.2 Å². The lowest BCUT2D eigenvalue weighted by Gasteiger charge is -2.20. The number of carbonyl (C=O) groups is 1. The third kappa shape index (κ3) is 2.56. The number of nitrogens with zero attached hydrogens (tertiary/aromatic N) is 2. The predicted octanol–water partition coefficient (Wildman–Crippen LogP) is 2.68. The molecule has 0 spiro atoms. The van der Waals surface area contributed by atoms with E-state index in [2.05, 4.69) is 14.4 Å². The van der Waals surface area contributed by atoms with E-state index in [4.69, 9.17) is 0 Å². The van der Waals surface area contributed by atoms with Crippen molar-refractivity contribution in [1.82, 2.24) is 9.97 Å². The molecule has 0 aliphatic carbocycles. The number of fused-ring (bicyclic) bond motifs is 1. The summed E-state index contributed by atoms with van der Waals surface area (Å²) in [6.45, 7) is 0. The summed E-state index contributed by atoms with van der Waals surface area (Å²) in [5.41, 5.74) is -1.08. The Morgan fingerprint density at radius 3 is 2.65 bits per heavy atom. The highest BCUT2D eigenvalue weighted by Crippen LogP contribution is 2.28. The number of benzene rings is 1. The number of carbonyl (C=O) groups excluding carboxylic acids is 1. The van der Waals surface area contributed by atoms with E-state index in [1.165, 1.54) is 6.07 Å². The molecule has 2 heterocycles. The van der Waals surface area contributed by atoms with Crippen LogP contribution in [0.2, 0.25) is 0 Å². The quantitative estimate of drug-likeness (QED) is 0.735. The number of aromatic nitrogens is 2. The Kier molecular flexibility index (Phi) is 3.40. The number of H-pyrrole nitrogens is 1. The number of nitrogens with one attached hydrogen (secondary N) is 1. The summed E-state index contributed by atoms with van der Waals surface area (Å²) in [5.74, 6) is -1.58. The first-order valence-corrected chi connectivity index (χ1v) is 6.31. The van der Waals surface area contributed by atoms with Gasteiger partial charge < -0.3 is 9.40 Å². The molecule has 0 radical (unpaired) electrons. The average Bonchev–Trinajstić information content (AvgIpc) is 3.00. The van der Waals surface area contributed by atoms with Gasteiger partial charge >= 0.3 is 12.3 Å². The highest BCUT2D eigenvalue weighted by atomic mass is 19.4. The van der Waals surface area contributed by atoms with E-state index in [0.717, 1.165) is 18.7 Å². The molecule has 0 bridgehead atoms. The maximum absolute atomic E-state index is 13.2. The fourth-order valence-electron chi connectivity index (χ4n) is 2.08. The van der Waals surface area contributed by atoms with Gasteiger partial charge in [0.1, 0.15) is 11.8 Å². The molecule has 23 heavy (non-hydrogen) atoms. The number of hydrogen-bond donors (Lipinski definition) is 1. The van der Waals surface area contributed by atoms with Gasteiger partial charge in [0.25, 0.3) is 5.91 Å². The second-order valence-electron chi connectivity index (χ2n) is 4.50. The summed E-state index contributed by atoms with van der Waals surface area (Å²) in [4.78, 5) is 29.9. The average molecular weight is 323 g/mol. The molecule has 118 valence electrons. The molecular weight excluding hydrogens is 315 g/mol. The van der Waals surface area contributed by atoms with E-state index in [0.29, 0.717) is 5.52 Å². The van der Waals surface area contributed by atoms with Crippen molar-refractivity contribution in [2.75, 3.05) is 4.90 Å². The summed E-state index contributed by atoms with van der Waals surface area (Å²) in [7, 11) is 0. The fraction of sp³-hybridized carbons (Fsp3) is 0.0714. The van der Waals surface area contributed by atoms with Crippen molar-refractivity contribution in [3.05, 3.63) is 58.7 Å². The summed E-state index contributed by atoms with van der Waals surface area (Å²) < 4.78 is 44.0. The van der Waals surface area contributed by atoms with E-state index in [1.54, 1.807) is 18.2 Å². The number of hydrogen-bond acceptors (Lipinski definition) is 4. The van der Waals surface area contributed by atoms with Gasteiger partial charge in [-0.15, -0.1) is 13.2 Å². The van der Waals surface area contributed by atoms with Gasteiger partial charge in [0.2, 0.25) is 5.43 Å². The Labute approximate surface area is 126 Å². The molecule has 9 heteroatoms. The van der Waals surface area contributed by atoms with Crippen LogP contribution < -0.4 is 10.3 Å². The highest BCUT2D eigenvalue weighted by molar-refractivity contribution is 6.06. The van der Waals surface area contributed by atoms with Gasteiger partial charge in [-0.1, -0.05) is 12.1 Å². The normalized spacial score (nSPS) is 11.6. The van der Waals surface area contributed by atoms with E-state index in [-0.39, 0.29) is 5.39 Å². The molecule has 0 aliphatic heterocycles. The lowest BCUT2D eigenvalue weighted by Crippen LogP contribution is -2.45. The minimum absolute atomic E-state index is 0.105. The number of pyridine rings is 1. The smallest absolute Gasteiger partial charge is 0.432 e. The van der Waals surface area contributed by atoms with Gasteiger partial charge in [-0.05, 0) is 12.1 Å². The molecule has 3 aromatic rings. The van der Waals surface area contributed by atoms with Crippen molar-refractivity contribution in [1.29, 1.82) is 0 Å². The number of amides is 1. The summed E-state index contributed by atoms with van der Waals surface area (Å²) in [6.07, 6.45) is -2.30. The molecule has 0 saturated heterocycles. The first-order chi connectivity index (χ1) is 10.9.